The summed E-state index contributed by atoms with van der Waals surface area (Å²) in [7, 11) is 3.13. The van der Waals surface area contributed by atoms with Crippen molar-refractivity contribution < 1.29 is 23.7 Å². The van der Waals surface area contributed by atoms with E-state index in [9.17, 15) is 4.39 Å². The summed E-state index contributed by atoms with van der Waals surface area (Å²) in [6.07, 6.45) is 0. The van der Waals surface area contributed by atoms with Crippen LogP contribution in [0.5, 0.6) is 5.75 Å². The van der Waals surface area contributed by atoms with Gasteiger partial charge in [0.15, 0.2) is 0 Å². The van der Waals surface area contributed by atoms with Gasteiger partial charge in [0.1, 0.15) is 25.2 Å². The van der Waals surface area contributed by atoms with Crippen LogP contribution >= 0.6 is 27.5 Å². The summed E-state index contributed by atoms with van der Waals surface area (Å²) in [5.41, 5.74) is 0. The lowest BCUT2D eigenvalue weighted by atomic mass is 10.3. The molecule has 0 heterocycles. The lowest BCUT2D eigenvalue weighted by molar-refractivity contribution is -0.107. The van der Waals surface area contributed by atoms with Gasteiger partial charge >= 0.3 is 0 Å². The molecule has 0 spiro atoms. The van der Waals surface area contributed by atoms with Gasteiger partial charge in [-0.3, -0.25) is 0 Å². The molecule has 0 saturated heterocycles. The molecule has 0 saturated carbocycles. The van der Waals surface area contributed by atoms with Crippen molar-refractivity contribution in [2.45, 2.75) is 0 Å². The Morgan fingerprint density at radius 3 is 2.24 bits per heavy atom. The van der Waals surface area contributed by atoms with E-state index in [-0.39, 0.29) is 10.8 Å². The van der Waals surface area contributed by atoms with Gasteiger partial charge in [0.25, 0.3) is 0 Å². The fourth-order valence-corrected chi connectivity index (χ4v) is 1.19. The third kappa shape index (κ3) is 7.51. The Bertz CT molecular complexity index is 284. The standard InChI is InChI=1S/C6H3BrClFO.C4H10O3/c7-3-1-5(9)4(8)2-6(3)10;1-5-3-7-4-6-2/h1-2,10H;3-4H2,1-2H3. The molecule has 0 aliphatic heterocycles. The van der Waals surface area contributed by atoms with Crippen molar-refractivity contribution in [2.75, 3.05) is 27.8 Å². The molecule has 1 rings (SSSR count). The summed E-state index contributed by atoms with van der Waals surface area (Å²) < 4.78 is 26.6. The van der Waals surface area contributed by atoms with E-state index < -0.39 is 5.82 Å². The molecule has 0 unspecified atom stereocenters. The first-order valence-corrected chi connectivity index (χ1v) is 5.59. The Morgan fingerprint density at radius 2 is 1.82 bits per heavy atom. The van der Waals surface area contributed by atoms with E-state index in [1.807, 2.05) is 0 Å². The number of halogens is 3. The molecule has 0 aromatic heterocycles. The van der Waals surface area contributed by atoms with E-state index in [1.54, 1.807) is 14.2 Å². The molecule has 1 N–H and O–H groups in total. The lowest BCUT2D eigenvalue weighted by Gasteiger charge is -1.97. The van der Waals surface area contributed by atoms with Crippen LogP contribution in [-0.4, -0.2) is 32.9 Å². The quantitative estimate of drug-likeness (QED) is 0.523. The van der Waals surface area contributed by atoms with Gasteiger partial charge in [-0.1, -0.05) is 11.6 Å². The second-order valence-electron chi connectivity index (χ2n) is 2.73. The number of rotatable bonds is 4. The van der Waals surface area contributed by atoms with E-state index in [0.29, 0.717) is 18.1 Å². The third-order valence-corrected chi connectivity index (χ3v) is 2.32. The highest BCUT2D eigenvalue weighted by atomic mass is 79.9. The molecule has 0 radical (unpaired) electrons. The fourth-order valence-electron chi connectivity index (χ4n) is 0.713. The summed E-state index contributed by atoms with van der Waals surface area (Å²) in [5, 5.41) is 8.84. The van der Waals surface area contributed by atoms with Crippen LogP contribution in [0.1, 0.15) is 0 Å². The maximum Gasteiger partial charge on any atom is 0.149 e. The van der Waals surface area contributed by atoms with Gasteiger partial charge < -0.3 is 19.3 Å². The molecule has 1 aromatic rings. The summed E-state index contributed by atoms with van der Waals surface area (Å²) in [6, 6.07) is 2.25. The lowest BCUT2D eigenvalue weighted by Crippen LogP contribution is -1.98. The minimum atomic E-state index is -0.550. The average Bonchev–Trinajstić information content (AvgIpc) is 2.28. The summed E-state index contributed by atoms with van der Waals surface area (Å²) >= 11 is 8.26. The van der Waals surface area contributed by atoms with Crippen LogP contribution in [0, 0.1) is 5.82 Å². The van der Waals surface area contributed by atoms with Crippen molar-refractivity contribution in [1.29, 1.82) is 0 Å². The molecule has 0 aliphatic rings. The van der Waals surface area contributed by atoms with Gasteiger partial charge in [0, 0.05) is 20.3 Å². The van der Waals surface area contributed by atoms with Crippen LogP contribution in [0.15, 0.2) is 16.6 Å². The number of aromatic hydroxyl groups is 1. The predicted octanol–water partition coefficient (Wildman–Crippen LogP) is 3.16. The van der Waals surface area contributed by atoms with Crippen molar-refractivity contribution in [3.8, 4) is 5.75 Å². The molecular weight excluding hydrogens is 318 g/mol. The molecule has 0 fully saturated rings. The molecular formula is C10H13BrClFO4. The van der Waals surface area contributed by atoms with E-state index in [2.05, 4.69) is 30.1 Å². The molecule has 0 amide bonds. The molecule has 98 valence electrons. The smallest absolute Gasteiger partial charge is 0.149 e. The number of hydrogen-bond acceptors (Lipinski definition) is 4. The van der Waals surface area contributed by atoms with E-state index >= 15 is 0 Å². The van der Waals surface area contributed by atoms with Crippen molar-refractivity contribution in [1.82, 2.24) is 0 Å². The normalized spacial score (nSPS) is 9.71. The summed E-state index contributed by atoms with van der Waals surface area (Å²) in [4.78, 5) is 0. The summed E-state index contributed by atoms with van der Waals surface area (Å²) in [6.45, 7) is 0.599. The maximum atomic E-state index is 12.5. The van der Waals surface area contributed by atoms with E-state index in [0.717, 1.165) is 12.1 Å². The van der Waals surface area contributed by atoms with Gasteiger partial charge in [0.05, 0.1) is 9.50 Å². The molecule has 0 bridgehead atoms. The minimum Gasteiger partial charge on any atom is -0.507 e. The number of phenolic OH excluding ortho intramolecular Hbond substituents is 1. The second-order valence-corrected chi connectivity index (χ2v) is 4.00. The molecule has 17 heavy (non-hydrogen) atoms. The first-order valence-electron chi connectivity index (χ1n) is 4.42. The number of benzene rings is 1. The topological polar surface area (TPSA) is 47.9 Å². The number of ether oxygens (including phenoxy) is 3. The predicted molar refractivity (Wildman–Crippen MR) is 65.6 cm³/mol. The Hall–Kier alpha value is -0.400. The fraction of sp³-hybridized carbons (Fsp3) is 0.400. The van der Waals surface area contributed by atoms with Gasteiger partial charge in [0.2, 0.25) is 0 Å². The van der Waals surface area contributed by atoms with Crippen LogP contribution in [0.4, 0.5) is 4.39 Å². The second kappa shape index (κ2) is 9.61. The van der Waals surface area contributed by atoms with E-state index in [4.69, 9.17) is 16.7 Å². The molecule has 0 aliphatic carbocycles. The highest BCUT2D eigenvalue weighted by Crippen LogP contribution is 2.28. The largest absolute Gasteiger partial charge is 0.507 e. The third-order valence-electron chi connectivity index (χ3n) is 1.39. The van der Waals surface area contributed by atoms with Crippen LogP contribution in [0.2, 0.25) is 5.02 Å². The highest BCUT2D eigenvalue weighted by molar-refractivity contribution is 9.10. The monoisotopic (exact) mass is 330 g/mol. The Kier molecular flexibility index (Phi) is 9.39. The van der Waals surface area contributed by atoms with Crippen molar-refractivity contribution >= 4 is 27.5 Å². The van der Waals surface area contributed by atoms with E-state index in [1.165, 1.54) is 0 Å². The van der Waals surface area contributed by atoms with Crippen molar-refractivity contribution in [3.05, 3.63) is 27.4 Å². The Morgan fingerprint density at radius 1 is 1.29 bits per heavy atom. The van der Waals surface area contributed by atoms with Crippen LogP contribution in [0.3, 0.4) is 0 Å². The summed E-state index contributed by atoms with van der Waals surface area (Å²) in [5.74, 6) is -0.613. The van der Waals surface area contributed by atoms with Crippen LogP contribution in [0.25, 0.3) is 0 Å². The van der Waals surface area contributed by atoms with Gasteiger partial charge in [-0.15, -0.1) is 0 Å². The van der Waals surface area contributed by atoms with Crippen molar-refractivity contribution in [2.24, 2.45) is 0 Å². The molecule has 1 aromatic carbocycles. The molecule has 7 heteroatoms. The first kappa shape index (κ1) is 16.6. The molecule has 4 nitrogen and oxygen atoms in total. The Balaban J connectivity index is 0.000000325. The molecule has 0 atom stereocenters. The van der Waals surface area contributed by atoms with Gasteiger partial charge in [-0.25, -0.2) is 4.39 Å². The first-order chi connectivity index (χ1) is 8.02. The maximum absolute atomic E-state index is 12.5. The Labute approximate surface area is 112 Å². The zero-order valence-corrected chi connectivity index (χ0v) is 11.7. The van der Waals surface area contributed by atoms with Gasteiger partial charge in [-0.05, 0) is 22.0 Å². The number of hydrogen-bond donors (Lipinski definition) is 1. The zero-order chi connectivity index (χ0) is 13.3. The van der Waals surface area contributed by atoms with Crippen LogP contribution < -0.4 is 0 Å². The highest BCUT2D eigenvalue weighted by Gasteiger charge is 2.03. The number of phenols is 1. The SMILES string of the molecule is COCOCOC.Oc1cc(Cl)c(F)cc1Br. The van der Waals surface area contributed by atoms with Crippen LogP contribution in [-0.2, 0) is 14.2 Å². The minimum absolute atomic E-state index is 0.0635. The average molecular weight is 332 g/mol. The van der Waals surface area contributed by atoms with Crippen molar-refractivity contribution in [3.63, 3.8) is 0 Å². The van der Waals surface area contributed by atoms with Gasteiger partial charge in [-0.2, -0.15) is 0 Å². The zero-order valence-electron chi connectivity index (χ0n) is 9.37. The number of methoxy groups -OCH3 is 2.